The summed E-state index contributed by atoms with van der Waals surface area (Å²) >= 11 is 0. The van der Waals surface area contributed by atoms with Crippen LogP contribution in [0.25, 0.3) is 0 Å². The van der Waals surface area contributed by atoms with E-state index < -0.39 is 26.6 Å². The Morgan fingerprint density at radius 1 is 1.25 bits per heavy atom. The van der Waals surface area contributed by atoms with Crippen molar-refractivity contribution in [3.63, 3.8) is 0 Å². The highest BCUT2D eigenvalue weighted by molar-refractivity contribution is 7.89. The van der Waals surface area contributed by atoms with Crippen LogP contribution in [0.15, 0.2) is 23.1 Å². The highest BCUT2D eigenvalue weighted by Crippen LogP contribution is 2.13. The molecule has 0 spiro atoms. The van der Waals surface area contributed by atoms with Crippen LogP contribution in [0.3, 0.4) is 0 Å². The fourth-order valence-electron chi connectivity index (χ4n) is 1.71. The lowest BCUT2D eigenvalue weighted by Gasteiger charge is -2.07. The molecule has 0 bridgehead atoms. The van der Waals surface area contributed by atoms with Crippen molar-refractivity contribution < 1.29 is 17.6 Å². The zero-order chi connectivity index (χ0) is 15.2. The van der Waals surface area contributed by atoms with E-state index in [9.17, 15) is 17.6 Å². The zero-order valence-corrected chi connectivity index (χ0v) is 12.2. The molecule has 0 unspecified atom stereocenters. The molecule has 0 heterocycles. The van der Waals surface area contributed by atoms with Crippen LogP contribution in [0.2, 0.25) is 0 Å². The Morgan fingerprint density at radius 3 is 2.55 bits per heavy atom. The van der Waals surface area contributed by atoms with Crippen LogP contribution >= 0.6 is 0 Å². The van der Waals surface area contributed by atoms with Crippen LogP contribution in [0.5, 0.6) is 0 Å². The standard InChI is InChI=1S/C13H19FN2O3S/c1-2-3-4-5-6-16-13(17)10-7-11(14)9-12(8-10)20(15,18)19/h7-9H,2-6H2,1H3,(H,16,17)(H2,15,18,19). The van der Waals surface area contributed by atoms with Gasteiger partial charge in [0.2, 0.25) is 10.0 Å². The predicted molar refractivity (Wildman–Crippen MR) is 74.2 cm³/mol. The molecule has 20 heavy (non-hydrogen) atoms. The molecule has 0 aliphatic rings. The molecule has 1 aromatic rings. The topological polar surface area (TPSA) is 89.3 Å². The van der Waals surface area contributed by atoms with Crippen molar-refractivity contribution >= 4 is 15.9 Å². The highest BCUT2D eigenvalue weighted by Gasteiger charge is 2.14. The summed E-state index contributed by atoms with van der Waals surface area (Å²) < 4.78 is 35.7. The summed E-state index contributed by atoms with van der Waals surface area (Å²) in [6, 6.07) is 2.84. The fourth-order valence-corrected chi connectivity index (χ4v) is 2.28. The van der Waals surface area contributed by atoms with E-state index in [1.165, 1.54) is 0 Å². The highest BCUT2D eigenvalue weighted by atomic mass is 32.2. The van der Waals surface area contributed by atoms with Gasteiger partial charge in [-0.1, -0.05) is 26.2 Å². The van der Waals surface area contributed by atoms with Crippen molar-refractivity contribution in [1.29, 1.82) is 0 Å². The van der Waals surface area contributed by atoms with E-state index in [1.807, 2.05) is 0 Å². The Labute approximate surface area is 118 Å². The second-order valence-corrected chi connectivity index (χ2v) is 6.10. The van der Waals surface area contributed by atoms with Crippen molar-refractivity contribution in [1.82, 2.24) is 5.32 Å². The first-order valence-corrected chi connectivity index (χ1v) is 8.01. The third kappa shape index (κ3) is 5.26. The lowest BCUT2D eigenvalue weighted by molar-refractivity contribution is 0.0952. The number of primary sulfonamides is 1. The van der Waals surface area contributed by atoms with Crippen LogP contribution in [0.1, 0.15) is 43.0 Å². The Balaban J connectivity index is 2.71. The Kier molecular flexibility index (Phi) is 6.09. The van der Waals surface area contributed by atoms with E-state index in [4.69, 9.17) is 5.14 Å². The number of halogens is 1. The average molecular weight is 302 g/mol. The maximum Gasteiger partial charge on any atom is 0.251 e. The first-order chi connectivity index (χ1) is 9.34. The summed E-state index contributed by atoms with van der Waals surface area (Å²) in [7, 11) is -4.03. The quantitative estimate of drug-likeness (QED) is 0.752. The number of carbonyl (C=O) groups excluding carboxylic acids is 1. The summed E-state index contributed by atoms with van der Waals surface area (Å²) in [5.41, 5.74) is -0.0514. The number of hydrogen-bond donors (Lipinski definition) is 2. The monoisotopic (exact) mass is 302 g/mol. The average Bonchev–Trinajstić information content (AvgIpc) is 2.36. The summed E-state index contributed by atoms with van der Waals surface area (Å²) in [4.78, 5) is 11.4. The van der Waals surface area contributed by atoms with Crippen molar-refractivity contribution in [2.75, 3.05) is 6.54 Å². The zero-order valence-electron chi connectivity index (χ0n) is 11.4. The smallest absolute Gasteiger partial charge is 0.251 e. The number of amides is 1. The lowest BCUT2D eigenvalue weighted by Crippen LogP contribution is -2.25. The fraction of sp³-hybridized carbons (Fsp3) is 0.462. The number of benzene rings is 1. The Hall–Kier alpha value is -1.47. The lowest BCUT2D eigenvalue weighted by atomic mass is 10.2. The van der Waals surface area contributed by atoms with Gasteiger partial charge in [0.15, 0.2) is 0 Å². The number of carbonyl (C=O) groups is 1. The minimum Gasteiger partial charge on any atom is -0.352 e. The molecule has 0 saturated carbocycles. The molecule has 0 atom stereocenters. The van der Waals surface area contributed by atoms with Crippen LogP contribution in [0, 0.1) is 5.82 Å². The maximum absolute atomic E-state index is 13.3. The summed E-state index contributed by atoms with van der Waals surface area (Å²) in [6.07, 6.45) is 4.01. The van der Waals surface area contributed by atoms with Crippen molar-refractivity contribution in [3.8, 4) is 0 Å². The maximum atomic E-state index is 13.3. The summed E-state index contributed by atoms with van der Waals surface area (Å²) in [5.74, 6) is -1.32. The molecule has 0 saturated heterocycles. The SMILES string of the molecule is CCCCCCNC(=O)c1cc(F)cc(S(N)(=O)=O)c1. The molecular weight excluding hydrogens is 283 g/mol. The van der Waals surface area contributed by atoms with Gasteiger partial charge in [0.05, 0.1) is 4.90 Å². The predicted octanol–water partition coefficient (Wildman–Crippen LogP) is 1.78. The molecule has 1 rings (SSSR count). The van der Waals surface area contributed by atoms with Gasteiger partial charge in [-0.3, -0.25) is 4.79 Å². The molecule has 1 aromatic carbocycles. The van der Waals surface area contributed by atoms with E-state index in [0.717, 1.165) is 43.9 Å². The largest absolute Gasteiger partial charge is 0.352 e. The second-order valence-electron chi connectivity index (χ2n) is 4.54. The molecule has 0 aliphatic heterocycles. The molecule has 7 heteroatoms. The molecule has 3 N–H and O–H groups in total. The van der Waals surface area contributed by atoms with Crippen LogP contribution < -0.4 is 10.5 Å². The van der Waals surface area contributed by atoms with E-state index in [0.29, 0.717) is 6.54 Å². The third-order valence-corrected chi connectivity index (χ3v) is 3.67. The summed E-state index contributed by atoms with van der Waals surface area (Å²) in [6.45, 7) is 2.56. The van der Waals surface area contributed by atoms with Gasteiger partial charge < -0.3 is 5.32 Å². The minimum atomic E-state index is -4.03. The van der Waals surface area contributed by atoms with Crippen LogP contribution in [-0.2, 0) is 10.0 Å². The molecule has 112 valence electrons. The Bertz CT molecular complexity index is 573. The number of nitrogens with two attached hydrogens (primary N) is 1. The molecule has 0 aliphatic carbocycles. The minimum absolute atomic E-state index is 0.0514. The summed E-state index contributed by atoms with van der Waals surface area (Å²) in [5, 5.41) is 7.55. The number of sulfonamides is 1. The van der Waals surface area contributed by atoms with Crippen molar-refractivity contribution in [2.45, 2.75) is 37.5 Å². The molecule has 0 fully saturated rings. The van der Waals surface area contributed by atoms with Gasteiger partial charge in [-0.25, -0.2) is 17.9 Å². The molecular formula is C13H19FN2O3S. The van der Waals surface area contributed by atoms with Crippen molar-refractivity contribution in [2.24, 2.45) is 5.14 Å². The normalized spacial score (nSPS) is 11.3. The molecule has 5 nitrogen and oxygen atoms in total. The van der Waals surface area contributed by atoms with Gasteiger partial charge in [0.25, 0.3) is 5.91 Å². The first-order valence-electron chi connectivity index (χ1n) is 6.46. The number of nitrogens with one attached hydrogen (secondary N) is 1. The van der Waals surface area contributed by atoms with Gasteiger partial charge >= 0.3 is 0 Å². The molecule has 0 aromatic heterocycles. The van der Waals surface area contributed by atoms with E-state index in [1.54, 1.807) is 0 Å². The van der Waals surface area contributed by atoms with Gasteiger partial charge in [-0.2, -0.15) is 0 Å². The van der Waals surface area contributed by atoms with Gasteiger partial charge in [0.1, 0.15) is 5.82 Å². The van der Waals surface area contributed by atoms with Crippen LogP contribution in [0.4, 0.5) is 4.39 Å². The van der Waals surface area contributed by atoms with Gasteiger partial charge in [-0.05, 0) is 24.6 Å². The van der Waals surface area contributed by atoms with Gasteiger partial charge in [0, 0.05) is 12.1 Å². The van der Waals surface area contributed by atoms with E-state index in [2.05, 4.69) is 12.2 Å². The number of hydrogen-bond acceptors (Lipinski definition) is 3. The van der Waals surface area contributed by atoms with Gasteiger partial charge in [-0.15, -0.1) is 0 Å². The van der Waals surface area contributed by atoms with Crippen LogP contribution in [-0.4, -0.2) is 20.9 Å². The molecule has 0 radical (unpaired) electrons. The Morgan fingerprint density at radius 2 is 1.95 bits per heavy atom. The first kappa shape index (κ1) is 16.6. The number of rotatable bonds is 7. The third-order valence-electron chi connectivity index (χ3n) is 2.78. The molecule has 1 amide bonds. The van der Waals surface area contributed by atoms with E-state index in [-0.39, 0.29) is 5.56 Å². The van der Waals surface area contributed by atoms with E-state index >= 15 is 0 Å². The number of unbranched alkanes of at least 4 members (excludes halogenated alkanes) is 3. The second kappa shape index (κ2) is 7.35. The van der Waals surface area contributed by atoms with Crippen molar-refractivity contribution in [3.05, 3.63) is 29.6 Å².